The van der Waals surface area contributed by atoms with E-state index in [1.54, 1.807) is 20.8 Å². The minimum atomic E-state index is -0.580. The number of ether oxygens (including phenoxy) is 2. The van der Waals surface area contributed by atoms with E-state index in [1.807, 2.05) is 56.0 Å². The van der Waals surface area contributed by atoms with Crippen molar-refractivity contribution >= 4 is 11.9 Å². The molecule has 2 rings (SSSR count). The maximum atomic E-state index is 12.6. The number of hydrogen-bond acceptors (Lipinski definition) is 5. The summed E-state index contributed by atoms with van der Waals surface area (Å²) in [5, 5.41) is 2.68. The molecule has 1 aliphatic rings. The van der Waals surface area contributed by atoms with E-state index >= 15 is 0 Å². The van der Waals surface area contributed by atoms with Crippen molar-refractivity contribution in [2.75, 3.05) is 13.2 Å². The topological polar surface area (TPSA) is 67.9 Å². The largest absolute Gasteiger partial charge is 0.459 e. The number of benzene rings is 1. The normalized spacial score (nSPS) is 21.2. The molecular formula is C20H30N2O4. The van der Waals surface area contributed by atoms with Crippen LogP contribution in [0.3, 0.4) is 0 Å². The average molecular weight is 362 g/mol. The summed E-state index contributed by atoms with van der Waals surface area (Å²) in [4.78, 5) is 26.5. The summed E-state index contributed by atoms with van der Waals surface area (Å²) in [6.07, 6.45) is 0. The molecule has 0 unspecified atom stereocenters. The van der Waals surface area contributed by atoms with E-state index in [0.717, 1.165) is 5.56 Å². The Hall–Kier alpha value is -1.92. The standard InChI is InChI=1S/C20H30N2O4/c1-14(18(24)21-12-17(23)26-19(2,3)4)22-16(13-25-20(22,5)6)15-10-8-7-9-11-15/h7-11,14,16H,12-13H2,1-6H3,(H,21,24)/t14-,16-/m0/s1. The van der Waals surface area contributed by atoms with Crippen molar-refractivity contribution in [2.45, 2.75) is 65.0 Å². The molecule has 1 aliphatic heterocycles. The van der Waals surface area contributed by atoms with Gasteiger partial charge in [0.1, 0.15) is 17.9 Å². The van der Waals surface area contributed by atoms with Crippen molar-refractivity contribution in [2.24, 2.45) is 0 Å². The van der Waals surface area contributed by atoms with Crippen LogP contribution in [0.15, 0.2) is 30.3 Å². The molecule has 1 aromatic carbocycles. The van der Waals surface area contributed by atoms with Crippen molar-refractivity contribution in [3.63, 3.8) is 0 Å². The van der Waals surface area contributed by atoms with Crippen LogP contribution in [0, 0.1) is 0 Å². The second-order valence-corrected chi connectivity index (χ2v) is 8.07. The molecule has 26 heavy (non-hydrogen) atoms. The van der Waals surface area contributed by atoms with Gasteiger partial charge in [0.2, 0.25) is 5.91 Å². The summed E-state index contributed by atoms with van der Waals surface area (Å²) in [6.45, 7) is 11.5. The lowest BCUT2D eigenvalue weighted by molar-refractivity contribution is -0.155. The van der Waals surface area contributed by atoms with E-state index in [-0.39, 0.29) is 18.5 Å². The summed E-state index contributed by atoms with van der Waals surface area (Å²) in [5.41, 5.74) is -0.0512. The van der Waals surface area contributed by atoms with Crippen molar-refractivity contribution in [3.8, 4) is 0 Å². The average Bonchev–Trinajstić information content (AvgIpc) is 2.86. The third-order valence-corrected chi connectivity index (χ3v) is 4.36. The van der Waals surface area contributed by atoms with Gasteiger partial charge < -0.3 is 14.8 Å². The number of hydrogen-bond donors (Lipinski definition) is 1. The first kappa shape index (κ1) is 20.4. The zero-order chi connectivity index (χ0) is 19.5. The molecule has 144 valence electrons. The van der Waals surface area contributed by atoms with Gasteiger partial charge in [-0.05, 0) is 47.1 Å². The van der Waals surface area contributed by atoms with Gasteiger partial charge in [-0.15, -0.1) is 0 Å². The zero-order valence-electron chi connectivity index (χ0n) is 16.5. The number of amides is 1. The number of nitrogens with zero attached hydrogens (tertiary/aromatic N) is 1. The van der Waals surface area contributed by atoms with Gasteiger partial charge in [-0.2, -0.15) is 0 Å². The molecule has 0 bridgehead atoms. The summed E-state index contributed by atoms with van der Waals surface area (Å²) < 4.78 is 11.2. The third-order valence-electron chi connectivity index (χ3n) is 4.36. The highest BCUT2D eigenvalue weighted by molar-refractivity contribution is 5.85. The SMILES string of the molecule is C[C@@H](C(=O)NCC(=O)OC(C)(C)C)N1[C@H](c2ccccc2)COC1(C)C. The van der Waals surface area contributed by atoms with Gasteiger partial charge in [0.05, 0.1) is 18.7 Å². The Bertz CT molecular complexity index is 637. The Morgan fingerprint density at radius 2 is 1.92 bits per heavy atom. The number of nitrogens with one attached hydrogen (secondary N) is 1. The van der Waals surface area contributed by atoms with Crippen LogP contribution in [0.25, 0.3) is 0 Å². The lowest BCUT2D eigenvalue weighted by Gasteiger charge is -2.37. The monoisotopic (exact) mass is 362 g/mol. The van der Waals surface area contributed by atoms with Crippen molar-refractivity contribution in [1.82, 2.24) is 10.2 Å². The van der Waals surface area contributed by atoms with E-state index in [9.17, 15) is 9.59 Å². The Labute approximate surface area is 155 Å². The van der Waals surface area contributed by atoms with Crippen molar-refractivity contribution in [1.29, 1.82) is 0 Å². The van der Waals surface area contributed by atoms with Crippen LogP contribution in [0.2, 0.25) is 0 Å². The molecule has 1 aromatic rings. The molecule has 0 saturated carbocycles. The van der Waals surface area contributed by atoms with Crippen LogP contribution in [0.5, 0.6) is 0 Å². The molecule has 1 saturated heterocycles. The minimum Gasteiger partial charge on any atom is -0.459 e. The number of carbonyl (C=O) groups excluding carboxylic acids is 2. The quantitative estimate of drug-likeness (QED) is 0.816. The highest BCUT2D eigenvalue weighted by atomic mass is 16.6. The van der Waals surface area contributed by atoms with Gasteiger partial charge in [-0.25, -0.2) is 0 Å². The van der Waals surface area contributed by atoms with E-state index in [0.29, 0.717) is 6.61 Å². The smallest absolute Gasteiger partial charge is 0.325 e. The molecule has 0 spiro atoms. The van der Waals surface area contributed by atoms with Gasteiger partial charge in [0.25, 0.3) is 0 Å². The second-order valence-electron chi connectivity index (χ2n) is 8.07. The molecule has 1 heterocycles. The molecule has 2 atom stereocenters. The zero-order valence-corrected chi connectivity index (χ0v) is 16.5. The van der Waals surface area contributed by atoms with E-state index < -0.39 is 23.3 Å². The Morgan fingerprint density at radius 3 is 2.50 bits per heavy atom. The molecule has 0 aliphatic carbocycles. The maximum Gasteiger partial charge on any atom is 0.325 e. The molecule has 0 radical (unpaired) electrons. The number of rotatable bonds is 5. The van der Waals surface area contributed by atoms with Crippen molar-refractivity contribution in [3.05, 3.63) is 35.9 Å². The van der Waals surface area contributed by atoms with Crippen LogP contribution < -0.4 is 5.32 Å². The van der Waals surface area contributed by atoms with Gasteiger partial charge in [-0.1, -0.05) is 30.3 Å². The molecule has 6 heteroatoms. The van der Waals surface area contributed by atoms with E-state index in [1.165, 1.54) is 0 Å². The lowest BCUT2D eigenvalue weighted by atomic mass is 10.0. The second kappa shape index (κ2) is 7.76. The van der Waals surface area contributed by atoms with Gasteiger partial charge >= 0.3 is 5.97 Å². The Balaban J connectivity index is 2.06. The summed E-state index contributed by atoms with van der Waals surface area (Å²) in [5.74, 6) is -0.676. The molecular weight excluding hydrogens is 332 g/mol. The van der Waals surface area contributed by atoms with Crippen LogP contribution in [-0.4, -0.2) is 47.3 Å². The maximum absolute atomic E-state index is 12.6. The fourth-order valence-electron chi connectivity index (χ4n) is 3.29. The fraction of sp³-hybridized carbons (Fsp3) is 0.600. The third kappa shape index (κ3) is 5.05. The van der Waals surface area contributed by atoms with Gasteiger partial charge in [0.15, 0.2) is 0 Å². The highest BCUT2D eigenvalue weighted by Gasteiger charge is 2.45. The van der Waals surface area contributed by atoms with E-state index in [2.05, 4.69) is 5.32 Å². The highest BCUT2D eigenvalue weighted by Crippen LogP contribution is 2.38. The predicted molar refractivity (Wildman–Crippen MR) is 99.4 cm³/mol. The predicted octanol–water partition coefficient (Wildman–Crippen LogP) is 2.64. The Kier molecular flexibility index (Phi) is 6.09. The lowest BCUT2D eigenvalue weighted by Crippen LogP contribution is -2.53. The molecule has 6 nitrogen and oxygen atoms in total. The first-order valence-corrected chi connectivity index (χ1v) is 8.98. The minimum absolute atomic E-state index is 0.0199. The van der Waals surface area contributed by atoms with E-state index in [4.69, 9.17) is 9.47 Å². The van der Waals surface area contributed by atoms with Crippen molar-refractivity contribution < 1.29 is 19.1 Å². The number of esters is 1. The van der Waals surface area contributed by atoms with Gasteiger partial charge in [0, 0.05) is 0 Å². The summed E-state index contributed by atoms with van der Waals surface area (Å²) >= 11 is 0. The first-order valence-electron chi connectivity index (χ1n) is 8.98. The summed E-state index contributed by atoms with van der Waals surface area (Å²) in [7, 11) is 0. The molecule has 1 amide bonds. The molecule has 1 fully saturated rings. The van der Waals surface area contributed by atoms with Crippen LogP contribution >= 0.6 is 0 Å². The van der Waals surface area contributed by atoms with Crippen LogP contribution in [0.1, 0.15) is 53.1 Å². The molecule has 1 N–H and O–H groups in total. The first-order chi connectivity index (χ1) is 12.0. The Morgan fingerprint density at radius 1 is 1.31 bits per heavy atom. The van der Waals surface area contributed by atoms with Gasteiger partial charge in [-0.3, -0.25) is 14.5 Å². The molecule has 0 aromatic heterocycles. The number of carbonyl (C=O) groups is 2. The van der Waals surface area contributed by atoms with Crippen LogP contribution in [-0.2, 0) is 19.1 Å². The summed E-state index contributed by atoms with van der Waals surface area (Å²) in [6, 6.07) is 9.51. The fourth-order valence-corrected chi connectivity index (χ4v) is 3.29. The van der Waals surface area contributed by atoms with Crippen LogP contribution in [0.4, 0.5) is 0 Å².